The van der Waals surface area contributed by atoms with Gasteiger partial charge in [-0.3, -0.25) is 14.9 Å². The Morgan fingerprint density at radius 3 is 2.95 bits per heavy atom. The average Bonchev–Trinajstić information content (AvgIpc) is 2.53. The number of piperidine rings is 1. The number of nitro benzene ring substituents is 1. The van der Waals surface area contributed by atoms with Crippen LogP contribution < -0.4 is 4.74 Å². The SMILES string of the molecule is COC1CN(C(=O)COc2cccc([N+](=O)[O-])c2)CCC1C. The lowest BCUT2D eigenvalue weighted by Gasteiger charge is -2.36. The lowest BCUT2D eigenvalue weighted by molar-refractivity contribution is -0.384. The summed E-state index contributed by atoms with van der Waals surface area (Å²) in [6.07, 6.45) is 0.927. The third-order valence-electron chi connectivity index (χ3n) is 3.94. The zero-order valence-electron chi connectivity index (χ0n) is 12.7. The maximum Gasteiger partial charge on any atom is 0.273 e. The molecule has 0 spiro atoms. The van der Waals surface area contributed by atoms with Gasteiger partial charge >= 0.3 is 0 Å². The van der Waals surface area contributed by atoms with Gasteiger partial charge in [-0.1, -0.05) is 13.0 Å². The zero-order valence-corrected chi connectivity index (χ0v) is 12.7. The first-order valence-electron chi connectivity index (χ1n) is 7.19. The monoisotopic (exact) mass is 308 g/mol. The fourth-order valence-corrected chi connectivity index (χ4v) is 2.49. The Morgan fingerprint density at radius 2 is 2.27 bits per heavy atom. The van der Waals surface area contributed by atoms with Gasteiger partial charge in [0.1, 0.15) is 5.75 Å². The average molecular weight is 308 g/mol. The van der Waals surface area contributed by atoms with E-state index in [-0.39, 0.29) is 24.3 Å². The van der Waals surface area contributed by atoms with Crippen LogP contribution in [0.5, 0.6) is 5.75 Å². The summed E-state index contributed by atoms with van der Waals surface area (Å²) in [7, 11) is 1.65. The van der Waals surface area contributed by atoms with E-state index in [1.54, 1.807) is 18.1 Å². The van der Waals surface area contributed by atoms with Crippen molar-refractivity contribution in [2.24, 2.45) is 5.92 Å². The van der Waals surface area contributed by atoms with Crippen LogP contribution in [0.2, 0.25) is 0 Å². The normalized spacial score (nSPS) is 21.5. The molecule has 1 aliphatic heterocycles. The van der Waals surface area contributed by atoms with Crippen LogP contribution in [-0.4, -0.2) is 48.6 Å². The van der Waals surface area contributed by atoms with Crippen LogP contribution in [0.15, 0.2) is 24.3 Å². The molecule has 2 rings (SSSR count). The number of non-ortho nitro benzene ring substituents is 1. The number of hydrogen-bond donors (Lipinski definition) is 0. The smallest absolute Gasteiger partial charge is 0.273 e. The topological polar surface area (TPSA) is 81.9 Å². The van der Waals surface area contributed by atoms with Gasteiger partial charge in [0, 0.05) is 26.3 Å². The molecule has 0 radical (unpaired) electrons. The predicted molar refractivity (Wildman–Crippen MR) is 79.7 cm³/mol. The summed E-state index contributed by atoms with van der Waals surface area (Å²) in [5.74, 6) is 0.600. The van der Waals surface area contributed by atoms with Crippen molar-refractivity contribution in [1.82, 2.24) is 4.90 Å². The molecule has 1 saturated heterocycles. The number of ether oxygens (including phenoxy) is 2. The van der Waals surface area contributed by atoms with Gasteiger partial charge in [0.05, 0.1) is 17.1 Å². The molecule has 1 aliphatic rings. The molecule has 2 atom stereocenters. The van der Waals surface area contributed by atoms with Crippen molar-refractivity contribution in [1.29, 1.82) is 0 Å². The van der Waals surface area contributed by atoms with Crippen molar-refractivity contribution in [2.45, 2.75) is 19.4 Å². The van der Waals surface area contributed by atoms with Crippen LogP contribution in [0.1, 0.15) is 13.3 Å². The van der Waals surface area contributed by atoms with Crippen LogP contribution in [0.4, 0.5) is 5.69 Å². The van der Waals surface area contributed by atoms with Crippen LogP contribution in [-0.2, 0) is 9.53 Å². The molecule has 1 amide bonds. The molecule has 2 unspecified atom stereocenters. The lowest BCUT2D eigenvalue weighted by Crippen LogP contribution is -2.48. The van der Waals surface area contributed by atoms with Crippen molar-refractivity contribution in [3.05, 3.63) is 34.4 Å². The maximum atomic E-state index is 12.2. The minimum absolute atomic E-state index is 0.0375. The molecule has 1 fully saturated rings. The summed E-state index contributed by atoms with van der Waals surface area (Å²) in [6, 6.07) is 5.81. The third kappa shape index (κ3) is 3.94. The second-order valence-corrected chi connectivity index (χ2v) is 5.42. The molecule has 0 saturated carbocycles. The molecule has 0 bridgehead atoms. The fraction of sp³-hybridized carbons (Fsp3) is 0.533. The second-order valence-electron chi connectivity index (χ2n) is 5.42. The van der Waals surface area contributed by atoms with E-state index >= 15 is 0 Å². The summed E-state index contributed by atoms with van der Waals surface area (Å²) in [5.41, 5.74) is -0.0591. The Kier molecular flexibility index (Phi) is 5.32. The first-order valence-corrected chi connectivity index (χ1v) is 7.19. The van der Waals surface area contributed by atoms with Crippen molar-refractivity contribution in [3.8, 4) is 5.75 Å². The van der Waals surface area contributed by atoms with Gasteiger partial charge < -0.3 is 14.4 Å². The van der Waals surface area contributed by atoms with Crippen molar-refractivity contribution in [3.63, 3.8) is 0 Å². The van der Waals surface area contributed by atoms with Crippen molar-refractivity contribution in [2.75, 3.05) is 26.8 Å². The zero-order chi connectivity index (χ0) is 16.1. The number of nitrogens with zero attached hydrogens (tertiary/aromatic N) is 2. The van der Waals surface area contributed by atoms with Gasteiger partial charge in [-0.25, -0.2) is 0 Å². The van der Waals surface area contributed by atoms with E-state index in [0.717, 1.165) is 6.42 Å². The molecule has 7 heteroatoms. The number of amides is 1. The van der Waals surface area contributed by atoms with Crippen LogP contribution in [0, 0.1) is 16.0 Å². The van der Waals surface area contributed by atoms with E-state index in [2.05, 4.69) is 6.92 Å². The van der Waals surface area contributed by atoms with Gasteiger partial charge in [0.2, 0.25) is 0 Å². The van der Waals surface area contributed by atoms with Gasteiger partial charge in [-0.2, -0.15) is 0 Å². The molecule has 1 aromatic rings. The Labute approximate surface area is 129 Å². The van der Waals surface area contributed by atoms with Crippen molar-refractivity contribution >= 4 is 11.6 Å². The number of likely N-dealkylation sites (tertiary alicyclic amines) is 1. The molecular formula is C15H20N2O5. The van der Waals surface area contributed by atoms with E-state index in [4.69, 9.17) is 9.47 Å². The van der Waals surface area contributed by atoms with Crippen LogP contribution in [0.3, 0.4) is 0 Å². The highest BCUT2D eigenvalue weighted by Gasteiger charge is 2.28. The number of nitro groups is 1. The van der Waals surface area contributed by atoms with E-state index in [0.29, 0.717) is 24.8 Å². The van der Waals surface area contributed by atoms with Crippen LogP contribution >= 0.6 is 0 Å². The molecule has 0 aliphatic carbocycles. The predicted octanol–water partition coefficient (Wildman–Crippen LogP) is 1.86. The molecule has 0 aromatic heterocycles. The van der Waals surface area contributed by atoms with Crippen molar-refractivity contribution < 1.29 is 19.2 Å². The standard InChI is InChI=1S/C15H20N2O5/c1-11-6-7-16(9-14(11)21-2)15(18)10-22-13-5-3-4-12(8-13)17(19)20/h3-5,8,11,14H,6-7,9-10H2,1-2H3. The molecule has 7 nitrogen and oxygen atoms in total. The minimum atomic E-state index is -0.496. The quantitative estimate of drug-likeness (QED) is 0.612. The number of rotatable bonds is 5. The highest BCUT2D eigenvalue weighted by molar-refractivity contribution is 5.78. The Hall–Kier alpha value is -2.15. The highest BCUT2D eigenvalue weighted by Crippen LogP contribution is 2.21. The molecule has 22 heavy (non-hydrogen) atoms. The number of benzene rings is 1. The number of carbonyl (C=O) groups excluding carboxylic acids is 1. The summed E-state index contributed by atoms with van der Waals surface area (Å²) in [4.78, 5) is 24.1. The third-order valence-corrected chi connectivity index (χ3v) is 3.94. The van der Waals surface area contributed by atoms with Crippen LogP contribution in [0.25, 0.3) is 0 Å². The minimum Gasteiger partial charge on any atom is -0.484 e. The number of methoxy groups -OCH3 is 1. The summed E-state index contributed by atoms with van der Waals surface area (Å²) in [5, 5.41) is 10.7. The van der Waals surface area contributed by atoms with E-state index < -0.39 is 4.92 Å². The van der Waals surface area contributed by atoms with Gasteiger partial charge in [-0.15, -0.1) is 0 Å². The largest absolute Gasteiger partial charge is 0.484 e. The second kappa shape index (κ2) is 7.22. The molecule has 120 valence electrons. The van der Waals surface area contributed by atoms with E-state index in [1.165, 1.54) is 18.2 Å². The molecule has 1 heterocycles. The lowest BCUT2D eigenvalue weighted by atomic mass is 9.96. The van der Waals surface area contributed by atoms with E-state index in [9.17, 15) is 14.9 Å². The number of carbonyl (C=O) groups is 1. The molecule has 1 aromatic carbocycles. The first-order chi connectivity index (χ1) is 10.5. The summed E-state index contributed by atoms with van der Waals surface area (Å²) >= 11 is 0. The summed E-state index contributed by atoms with van der Waals surface area (Å²) < 4.78 is 10.8. The number of hydrogen-bond acceptors (Lipinski definition) is 5. The molecular weight excluding hydrogens is 288 g/mol. The highest BCUT2D eigenvalue weighted by atomic mass is 16.6. The summed E-state index contributed by atoms with van der Waals surface area (Å²) in [6.45, 7) is 3.20. The van der Waals surface area contributed by atoms with Gasteiger partial charge in [0.25, 0.3) is 11.6 Å². The fourth-order valence-electron chi connectivity index (χ4n) is 2.49. The first kappa shape index (κ1) is 16.2. The maximum absolute atomic E-state index is 12.2. The Morgan fingerprint density at radius 1 is 1.50 bits per heavy atom. The molecule has 0 N–H and O–H groups in total. The van der Waals surface area contributed by atoms with Gasteiger partial charge in [0.15, 0.2) is 6.61 Å². The van der Waals surface area contributed by atoms with Gasteiger partial charge in [-0.05, 0) is 18.4 Å². The Balaban J connectivity index is 1.90. The Bertz CT molecular complexity index is 548. The van der Waals surface area contributed by atoms with E-state index in [1.807, 2.05) is 0 Å².